The summed E-state index contributed by atoms with van der Waals surface area (Å²) in [6.07, 6.45) is 2.79. The van der Waals surface area contributed by atoms with Crippen molar-refractivity contribution in [2.75, 3.05) is 13.2 Å². The van der Waals surface area contributed by atoms with Crippen LogP contribution in [-0.4, -0.2) is 55.5 Å². The van der Waals surface area contributed by atoms with Crippen LogP contribution in [0.3, 0.4) is 0 Å². The first-order chi connectivity index (χ1) is 19.7. The van der Waals surface area contributed by atoms with Crippen LogP contribution in [0.15, 0.2) is 83.8 Å². The molecular weight excluding hydrogens is 545 g/mol. The molecule has 1 atom stereocenters. The molecule has 218 valence electrons. The first-order valence-corrected chi connectivity index (χ1v) is 15.3. The third-order valence-corrected chi connectivity index (χ3v) is 8.47. The molecule has 3 N–H and O–H groups in total. The Morgan fingerprint density at radius 2 is 1.59 bits per heavy atom. The van der Waals surface area contributed by atoms with Crippen LogP contribution in [-0.2, 0) is 39.0 Å². The highest BCUT2D eigenvalue weighted by Crippen LogP contribution is 2.23. The van der Waals surface area contributed by atoms with E-state index < -0.39 is 21.9 Å². The van der Waals surface area contributed by atoms with E-state index in [1.54, 1.807) is 24.3 Å². The van der Waals surface area contributed by atoms with Gasteiger partial charge in [0.25, 0.3) is 0 Å². The summed E-state index contributed by atoms with van der Waals surface area (Å²) >= 11 is 0. The van der Waals surface area contributed by atoms with Crippen molar-refractivity contribution in [1.82, 2.24) is 14.9 Å². The van der Waals surface area contributed by atoms with Crippen LogP contribution in [0.5, 0.6) is 0 Å². The van der Waals surface area contributed by atoms with Gasteiger partial charge in [0.15, 0.2) is 0 Å². The van der Waals surface area contributed by atoms with Gasteiger partial charge in [0.2, 0.25) is 21.8 Å². The Kier molecular flexibility index (Phi) is 10.6. The van der Waals surface area contributed by atoms with Gasteiger partial charge in [-0.15, -0.1) is 0 Å². The molecule has 10 heteroatoms. The molecule has 0 aliphatic heterocycles. The highest BCUT2D eigenvalue weighted by atomic mass is 32.2. The zero-order chi connectivity index (χ0) is 29.2. The number of carbonyl (C=O) groups excluding carboxylic acids is 2. The van der Waals surface area contributed by atoms with Crippen molar-refractivity contribution in [3.8, 4) is 0 Å². The van der Waals surface area contributed by atoms with Crippen molar-refractivity contribution in [1.29, 1.82) is 0 Å². The van der Waals surface area contributed by atoms with Gasteiger partial charge in [-0.05, 0) is 66.6 Å². The molecule has 4 rings (SSSR count). The standard InChI is InChI=1S/C31H36FN3O5S/c32-26-12-7-25(8-13-26)22-35(29(31(38)33-19-4-20-36)21-24-5-2-1-3-6-24)30(37)18-11-23-9-16-28(17-10-23)41(39,40)34-27-14-15-27/h1-3,5-10,12-13,16-17,27,29,34,36H,4,11,14-15,18-22H2,(H,33,38)/t29-/m1/s1. The normalized spacial score (nSPS) is 13.9. The van der Waals surface area contributed by atoms with E-state index in [-0.39, 0.29) is 55.3 Å². The summed E-state index contributed by atoms with van der Waals surface area (Å²) in [5, 5.41) is 12.0. The molecule has 1 aliphatic rings. The van der Waals surface area contributed by atoms with Gasteiger partial charge in [0.05, 0.1) is 4.90 Å². The van der Waals surface area contributed by atoms with Crippen LogP contribution in [0, 0.1) is 5.82 Å². The molecule has 0 radical (unpaired) electrons. The highest BCUT2D eigenvalue weighted by molar-refractivity contribution is 7.89. The van der Waals surface area contributed by atoms with E-state index in [4.69, 9.17) is 5.11 Å². The first-order valence-electron chi connectivity index (χ1n) is 13.8. The summed E-state index contributed by atoms with van der Waals surface area (Å²) in [4.78, 5) is 28.8. The topological polar surface area (TPSA) is 116 Å². The van der Waals surface area contributed by atoms with Crippen molar-refractivity contribution >= 4 is 21.8 Å². The lowest BCUT2D eigenvalue weighted by atomic mass is 10.0. The van der Waals surface area contributed by atoms with Crippen molar-refractivity contribution in [3.63, 3.8) is 0 Å². The number of aryl methyl sites for hydroxylation is 1. The summed E-state index contributed by atoms with van der Waals surface area (Å²) < 4.78 is 41.2. The predicted octanol–water partition coefficient (Wildman–Crippen LogP) is 3.34. The number of amides is 2. The molecule has 3 aromatic rings. The fourth-order valence-electron chi connectivity index (χ4n) is 4.47. The number of aliphatic hydroxyl groups excluding tert-OH is 1. The second-order valence-electron chi connectivity index (χ2n) is 10.3. The Bertz CT molecular complexity index is 1400. The molecule has 0 heterocycles. The van der Waals surface area contributed by atoms with Crippen LogP contribution in [0.25, 0.3) is 0 Å². The number of sulfonamides is 1. The zero-order valence-electron chi connectivity index (χ0n) is 22.8. The summed E-state index contributed by atoms with van der Waals surface area (Å²) in [5.74, 6) is -0.998. The number of benzene rings is 3. The Labute approximate surface area is 240 Å². The number of carbonyl (C=O) groups is 2. The van der Waals surface area contributed by atoms with Crippen LogP contribution in [0.4, 0.5) is 4.39 Å². The molecule has 0 unspecified atom stereocenters. The number of hydrogen-bond acceptors (Lipinski definition) is 5. The van der Waals surface area contributed by atoms with Crippen LogP contribution in [0.1, 0.15) is 42.4 Å². The number of aliphatic hydroxyl groups is 1. The number of halogens is 1. The van der Waals surface area contributed by atoms with Gasteiger partial charge >= 0.3 is 0 Å². The maximum atomic E-state index is 13.7. The minimum Gasteiger partial charge on any atom is -0.396 e. The molecule has 0 spiro atoms. The van der Waals surface area contributed by atoms with Gasteiger partial charge in [-0.1, -0.05) is 54.6 Å². The Balaban J connectivity index is 1.53. The van der Waals surface area contributed by atoms with E-state index >= 15 is 0 Å². The van der Waals surface area contributed by atoms with Crippen molar-refractivity contribution in [3.05, 3.63) is 101 Å². The monoisotopic (exact) mass is 581 g/mol. The smallest absolute Gasteiger partial charge is 0.243 e. The number of hydrogen-bond donors (Lipinski definition) is 3. The Morgan fingerprint density at radius 3 is 2.22 bits per heavy atom. The lowest BCUT2D eigenvalue weighted by Crippen LogP contribution is -2.50. The van der Waals surface area contributed by atoms with Gasteiger partial charge in [-0.25, -0.2) is 17.5 Å². The summed E-state index contributed by atoms with van der Waals surface area (Å²) in [6.45, 7) is 0.302. The van der Waals surface area contributed by atoms with E-state index in [1.165, 1.54) is 29.2 Å². The Hall–Kier alpha value is -3.60. The highest BCUT2D eigenvalue weighted by Gasteiger charge is 2.30. The molecule has 8 nitrogen and oxygen atoms in total. The minimum atomic E-state index is -3.57. The third-order valence-electron chi connectivity index (χ3n) is 6.93. The maximum Gasteiger partial charge on any atom is 0.243 e. The molecule has 0 bridgehead atoms. The van der Waals surface area contributed by atoms with E-state index in [0.29, 0.717) is 18.4 Å². The van der Waals surface area contributed by atoms with Crippen LogP contribution < -0.4 is 10.0 Å². The van der Waals surface area contributed by atoms with E-state index in [1.807, 2.05) is 30.3 Å². The molecule has 0 aromatic heterocycles. The van der Waals surface area contributed by atoms with Crippen molar-refractivity contribution in [2.24, 2.45) is 0 Å². The van der Waals surface area contributed by atoms with Crippen LogP contribution >= 0.6 is 0 Å². The van der Waals surface area contributed by atoms with Crippen molar-refractivity contribution in [2.45, 2.75) is 62.0 Å². The van der Waals surface area contributed by atoms with Crippen molar-refractivity contribution < 1.29 is 27.5 Å². The van der Waals surface area contributed by atoms with E-state index in [0.717, 1.165) is 24.0 Å². The second-order valence-corrected chi connectivity index (χ2v) is 12.0. The molecule has 1 aliphatic carbocycles. The third kappa shape index (κ3) is 9.21. The molecule has 1 fully saturated rings. The Morgan fingerprint density at radius 1 is 0.927 bits per heavy atom. The summed E-state index contributed by atoms with van der Waals surface area (Å²) in [5.41, 5.74) is 2.35. The van der Waals surface area contributed by atoms with Gasteiger partial charge < -0.3 is 15.3 Å². The molecular formula is C31H36FN3O5S. The maximum absolute atomic E-state index is 13.7. The van der Waals surface area contributed by atoms with Gasteiger partial charge in [-0.3, -0.25) is 9.59 Å². The SMILES string of the molecule is O=C(NCCCO)[C@@H](Cc1ccccc1)N(Cc1ccc(F)cc1)C(=O)CCc1ccc(S(=O)(=O)NC2CC2)cc1. The summed E-state index contributed by atoms with van der Waals surface area (Å²) in [6, 6.07) is 20.8. The molecule has 3 aromatic carbocycles. The minimum absolute atomic E-state index is 0.00839. The molecule has 41 heavy (non-hydrogen) atoms. The number of nitrogens with one attached hydrogen (secondary N) is 2. The average Bonchev–Trinajstić information content (AvgIpc) is 3.79. The van der Waals surface area contributed by atoms with Crippen LogP contribution in [0.2, 0.25) is 0 Å². The fourth-order valence-corrected chi connectivity index (χ4v) is 5.77. The van der Waals surface area contributed by atoms with Gasteiger partial charge in [-0.2, -0.15) is 0 Å². The number of rotatable bonds is 15. The zero-order valence-corrected chi connectivity index (χ0v) is 23.7. The average molecular weight is 582 g/mol. The quantitative estimate of drug-likeness (QED) is 0.238. The molecule has 0 saturated heterocycles. The molecule has 1 saturated carbocycles. The largest absolute Gasteiger partial charge is 0.396 e. The predicted molar refractivity (Wildman–Crippen MR) is 154 cm³/mol. The summed E-state index contributed by atoms with van der Waals surface area (Å²) in [7, 11) is -3.57. The number of nitrogens with zero attached hydrogens (tertiary/aromatic N) is 1. The van der Waals surface area contributed by atoms with Gasteiger partial charge in [0.1, 0.15) is 11.9 Å². The first kappa shape index (κ1) is 30.4. The lowest BCUT2D eigenvalue weighted by molar-refractivity contribution is -0.141. The van der Waals surface area contributed by atoms with Gasteiger partial charge in [0, 0.05) is 38.6 Å². The van der Waals surface area contributed by atoms with E-state index in [9.17, 15) is 22.4 Å². The molecule has 2 amide bonds. The lowest BCUT2D eigenvalue weighted by Gasteiger charge is -2.31. The fraction of sp³-hybridized carbons (Fsp3) is 0.355. The second kappa shape index (κ2) is 14.3. The van der Waals surface area contributed by atoms with E-state index in [2.05, 4.69) is 10.0 Å².